The molecule has 1 aliphatic heterocycles. The minimum absolute atomic E-state index is 0.123. The standard InChI is InChI=1S/C24H23N3O4S/c1-31-18-8-9-21-20(12-18)17(14-26-21)11-22-24(28)19-6-2-3-7-23(19)32(29,30)27(22)15-16-5-4-10-25-13-16/h2-10,12-14,22,24,26,28H,11,15H2,1H3/t22-,24+/m0/s1. The second-order valence-corrected chi connectivity index (χ2v) is 9.75. The van der Waals surface area contributed by atoms with Gasteiger partial charge in [0.1, 0.15) is 5.75 Å². The number of aromatic nitrogens is 2. The molecule has 164 valence electrons. The minimum Gasteiger partial charge on any atom is -0.497 e. The Bertz CT molecular complexity index is 1370. The summed E-state index contributed by atoms with van der Waals surface area (Å²) in [5.41, 5.74) is 3.02. The zero-order valence-corrected chi connectivity index (χ0v) is 18.3. The Hall–Kier alpha value is -3.20. The van der Waals surface area contributed by atoms with Crippen molar-refractivity contribution in [2.24, 2.45) is 0 Å². The van der Waals surface area contributed by atoms with Crippen molar-refractivity contribution in [1.82, 2.24) is 14.3 Å². The van der Waals surface area contributed by atoms with Gasteiger partial charge in [0.2, 0.25) is 10.0 Å². The van der Waals surface area contributed by atoms with E-state index in [0.717, 1.165) is 22.0 Å². The normalized spacial score (nSPS) is 20.2. The van der Waals surface area contributed by atoms with Crippen molar-refractivity contribution in [3.8, 4) is 5.75 Å². The molecule has 0 spiro atoms. The molecule has 0 saturated carbocycles. The molecule has 5 rings (SSSR count). The lowest BCUT2D eigenvalue weighted by molar-refractivity contribution is 0.0771. The fraction of sp³-hybridized carbons (Fsp3) is 0.208. The van der Waals surface area contributed by atoms with Gasteiger partial charge in [0.05, 0.1) is 24.2 Å². The molecule has 32 heavy (non-hydrogen) atoms. The molecular weight excluding hydrogens is 426 g/mol. The first-order valence-corrected chi connectivity index (χ1v) is 11.7. The third-order valence-corrected chi connectivity index (χ3v) is 7.97. The van der Waals surface area contributed by atoms with Crippen molar-refractivity contribution in [3.05, 3.63) is 89.9 Å². The van der Waals surface area contributed by atoms with E-state index in [9.17, 15) is 13.5 Å². The van der Waals surface area contributed by atoms with Crippen LogP contribution < -0.4 is 4.74 Å². The quantitative estimate of drug-likeness (QED) is 0.487. The van der Waals surface area contributed by atoms with Gasteiger partial charge in [-0.15, -0.1) is 0 Å². The van der Waals surface area contributed by atoms with Crippen LogP contribution in [0.4, 0.5) is 0 Å². The van der Waals surface area contributed by atoms with Crippen LogP contribution in [0.1, 0.15) is 22.8 Å². The Kier molecular flexibility index (Phi) is 5.21. The topological polar surface area (TPSA) is 95.5 Å². The molecule has 8 heteroatoms. The molecule has 4 aromatic rings. The molecule has 3 heterocycles. The number of pyridine rings is 1. The maximum absolute atomic E-state index is 13.6. The third-order valence-electron chi connectivity index (χ3n) is 6.02. The van der Waals surface area contributed by atoms with Crippen molar-refractivity contribution in [1.29, 1.82) is 0 Å². The number of H-pyrrole nitrogens is 1. The molecular formula is C24H23N3O4S. The maximum atomic E-state index is 13.6. The van der Waals surface area contributed by atoms with Crippen LogP contribution in [-0.2, 0) is 23.0 Å². The highest BCUT2D eigenvalue weighted by Gasteiger charge is 2.43. The fourth-order valence-corrected chi connectivity index (χ4v) is 6.25. The summed E-state index contributed by atoms with van der Waals surface area (Å²) in [6.45, 7) is 0.123. The Morgan fingerprint density at radius 1 is 1.16 bits per heavy atom. The van der Waals surface area contributed by atoms with Crippen molar-refractivity contribution in [2.75, 3.05) is 7.11 Å². The van der Waals surface area contributed by atoms with E-state index < -0.39 is 22.2 Å². The molecule has 0 saturated heterocycles. The lowest BCUT2D eigenvalue weighted by atomic mass is 9.95. The number of ether oxygens (including phenoxy) is 1. The Balaban J connectivity index is 1.61. The Morgan fingerprint density at radius 2 is 2.00 bits per heavy atom. The number of aromatic amines is 1. The van der Waals surface area contributed by atoms with Gasteiger partial charge in [-0.1, -0.05) is 24.3 Å². The molecule has 2 N–H and O–H groups in total. The van der Waals surface area contributed by atoms with E-state index in [1.165, 1.54) is 4.31 Å². The first-order chi connectivity index (χ1) is 15.5. The Morgan fingerprint density at radius 3 is 2.78 bits per heavy atom. The number of hydrogen-bond acceptors (Lipinski definition) is 5. The van der Waals surface area contributed by atoms with Crippen molar-refractivity contribution in [2.45, 2.75) is 30.0 Å². The number of benzene rings is 2. The zero-order valence-electron chi connectivity index (χ0n) is 17.5. The van der Waals surface area contributed by atoms with Gasteiger partial charge in [-0.3, -0.25) is 4.98 Å². The number of nitrogens with one attached hydrogen (secondary N) is 1. The number of fused-ring (bicyclic) bond motifs is 2. The van der Waals surface area contributed by atoms with Gasteiger partial charge in [-0.05, 0) is 47.9 Å². The summed E-state index contributed by atoms with van der Waals surface area (Å²) in [7, 11) is -2.21. The van der Waals surface area contributed by atoms with Crippen LogP contribution in [0.2, 0.25) is 0 Å². The number of aliphatic hydroxyl groups is 1. The molecule has 2 atom stereocenters. The fourth-order valence-electron chi connectivity index (χ4n) is 4.40. The summed E-state index contributed by atoms with van der Waals surface area (Å²) in [6, 6.07) is 15.3. The average molecular weight is 450 g/mol. The van der Waals surface area contributed by atoms with E-state index in [4.69, 9.17) is 4.74 Å². The van der Waals surface area contributed by atoms with Gasteiger partial charge in [0.15, 0.2) is 0 Å². The number of aliphatic hydroxyl groups excluding tert-OH is 1. The molecule has 0 unspecified atom stereocenters. The third kappa shape index (κ3) is 3.46. The minimum atomic E-state index is -3.82. The predicted octanol–water partition coefficient (Wildman–Crippen LogP) is 3.42. The molecule has 0 amide bonds. The van der Waals surface area contributed by atoms with Crippen LogP contribution in [0.3, 0.4) is 0 Å². The van der Waals surface area contributed by atoms with Crippen LogP contribution >= 0.6 is 0 Å². The molecule has 2 aromatic carbocycles. The SMILES string of the molecule is COc1ccc2[nH]cc(C[C@H]3[C@H](O)c4ccccc4S(=O)(=O)N3Cc3cccnc3)c2c1. The highest BCUT2D eigenvalue weighted by Crippen LogP contribution is 2.39. The summed E-state index contributed by atoms with van der Waals surface area (Å²) < 4.78 is 34.0. The first kappa shape index (κ1) is 20.7. The number of rotatable bonds is 5. The molecule has 2 aromatic heterocycles. The van der Waals surface area contributed by atoms with Crippen molar-refractivity contribution >= 4 is 20.9 Å². The van der Waals surface area contributed by atoms with E-state index >= 15 is 0 Å². The number of nitrogens with zero attached hydrogens (tertiary/aromatic N) is 2. The van der Waals surface area contributed by atoms with Gasteiger partial charge in [-0.2, -0.15) is 4.31 Å². The molecule has 0 aliphatic carbocycles. The molecule has 1 aliphatic rings. The van der Waals surface area contributed by atoms with Gasteiger partial charge >= 0.3 is 0 Å². The van der Waals surface area contributed by atoms with Crippen molar-refractivity contribution < 1.29 is 18.3 Å². The van der Waals surface area contributed by atoms with E-state index in [2.05, 4.69) is 9.97 Å². The van der Waals surface area contributed by atoms with Crippen LogP contribution in [0.5, 0.6) is 5.75 Å². The number of sulfonamides is 1. The first-order valence-electron chi connectivity index (χ1n) is 10.3. The van der Waals surface area contributed by atoms with Gasteiger partial charge < -0.3 is 14.8 Å². The molecule has 7 nitrogen and oxygen atoms in total. The zero-order chi connectivity index (χ0) is 22.3. The van der Waals surface area contributed by atoms with Gasteiger partial charge in [0.25, 0.3) is 0 Å². The molecule has 0 fully saturated rings. The van der Waals surface area contributed by atoms with Gasteiger partial charge in [0, 0.05) is 41.6 Å². The summed E-state index contributed by atoms with van der Waals surface area (Å²) in [5.74, 6) is 0.715. The molecule has 0 radical (unpaired) electrons. The molecule has 0 bridgehead atoms. The average Bonchev–Trinajstić information content (AvgIpc) is 3.22. The monoisotopic (exact) mass is 449 g/mol. The van der Waals surface area contributed by atoms with E-state index in [0.29, 0.717) is 17.7 Å². The summed E-state index contributed by atoms with van der Waals surface area (Å²) >= 11 is 0. The van der Waals surface area contributed by atoms with Gasteiger partial charge in [-0.25, -0.2) is 8.42 Å². The highest BCUT2D eigenvalue weighted by atomic mass is 32.2. The van der Waals surface area contributed by atoms with E-state index in [1.807, 2.05) is 30.5 Å². The summed E-state index contributed by atoms with van der Waals surface area (Å²) in [5, 5.41) is 12.3. The lowest BCUT2D eigenvalue weighted by Crippen LogP contribution is -2.48. The Labute approximate surface area is 186 Å². The maximum Gasteiger partial charge on any atom is 0.244 e. The summed E-state index contributed by atoms with van der Waals surface area (Å²) in [6.07, 6.45) is 4.53. The van der Waals surface area contributed by atoms with Crippen LogP contribution in [0.25, 0.3) is 10.9 Å². The number of methoxy groups -OCH3 is 1. The highest BCUT2D eigenvalue weighted by molar-refractivity contribution is 7.89. The second-order valence-electron chi connectivity index (χ2n) is 7.89. The largest absolute Gasteiger partial charge is 0.497 e. The van der Waals surface area contributed by atoms with E-state index in [-0.39, 0.29) is 11.4 Å². The van der Waals surface area contributed by atoms with Crippen LogP contribution in [0.15, 0.2) is 78.1 Å². The summed E-state index contributed by atoms with van der Waals surface area (Å²) in [4.78, 5) is 7.50. The predicted molar refractivity (Wildman–Crippen MR) is 121 cm³/mol. The lowest BCUT2D eigenvalue weighted by Gasteiger charge is -2.39. The second kappa shape index (κ2) is 8.05. The van der Waals surface area contributed by atoms with Crippen LogP contribution in [-0.4, -0.2) is 40.9 Å². The van der Waals surface area contributed by atoms with Crippen LogP contribution in [0, 0.1) is 0 Å². The smallest absolute Gasteiger partial charge is 0.244 e. The number of hydrogen-bond donors (Lipinski definition) is 2. The van der Waals surface area contributed by atoms with E-state index in [1.54, 1.807) is 49.8 Å². The van der Waals surface area contributed by atoms with Crippen molar-refractivity contribution in [3.63, 3.8) is 0 Å².